The number of halogens is 1. The molecule has 1 fully saturated rings. The quantitative estimate of drug-likeness (QED) is 0.590. The second kappa shape index (κ2) is 10.2. The summed E-state index contributed by atoms with van der Waals surface area (Å²) in [6.45, 7) is 11.0. The zero-order valence-corrected chi connectivity index (χ0v) is 17.4. The van der Waals surface area contributed by atoms with Crippen LogP contribution in [0.2, 0.25) is 1.41 Å². The molecule has 0 radical (unpaired) electrons. The fraction of sp³-hybridized carbons (Fsp3) is 0.609. The number of nitrogens with one attached hydrogen (secondary N) is 1. The van der Waals surface area contributed by atoms with Crippen LogP contribution in [0, 0.1) is 5.41 Å². The number of hydrogen-bond donors (Lipinski definition) is 1. The Morgan fingerprint density at radius 2 is 1.64 bits per heavy atom. The van der Waals surface area contributed by atoms with Gasteiger partial charge in [-0.3, -0.25) is 0 Å². The van der Waals surface area contributed by atoms with Crippen LogP contribution in [-0.2, 0) is 0 Å². The van der Waals surface area contributed by atoms with Crippen molar-refractivity contribution in [1.29, 1.82) is 0 Å². The van der Waals surface area contributed by atoms with E-state index in [4.69, 9.17) is 1.41 Å². The standard InChI is InChI=1S/C23H35N.ClH/c1-6-7-14-23(15-9-8-10-16-23)17-24-22-20(18(2)3)12-11-13-21(22)19(4)5;/h6-7,11-13,17-19H,8-10,14-16H2,1-5H3;1H/b7-6+,24-17+;/i/hD. The van der Waals surface area contributed by atoms with Gasteiger partial charge in [-0.15, -0.1) is 0 Å². The SMILES string of the molecule is [2H]/[N+](=C\C1(C/C=C/C)CCCCC1)c1c(C(C)C)cccc1C(C)C.[Cl-]. The van der Waals surface area contributed by atoms with E-state index in [-0.39, 0.29) is 17.8 Å². The summed E-state index contributed by atoms with van der Waals surface area (Å²) >= 11 is 0. The molecule has 1 aromatic rings. The normalized spacial score (nSPS) is 18.5. The molecule has 1 N–H and O–H groups in total. The third-order valence-electron chi connectivity index (χ3n) is 5.42. The van der Waals surface area contributed by atoms with Crippen LogP contribution < -0.4 is 17.4 Å². The lowest BCUT2D eigenvalue weighted by Gasteiger charge is -2.30. The molecule has 2 rings (SSSR count). The minimum Gasteiger partial charge on any atom is -1.00 e. The van der Waals surface area contributed by atoms with Crippen LogP contribution in [0.3, 0.4) is 0 Å². The Morgan fingerprint density at radius 1 is 1.08 bits per heavy atom. The van der Waals surface area contributed by atoms with Crippen molar-refractivity contribution < 1.29 is 18.8 Å². The summed E-state index contributed by atoms with van der Waals surface area (Å²) in [5, 5.41) is 0. The van der Waals surface area contributed by atoms with Gasteiger partial charge in [0.1, 0.15) is 6.21 Å². The molecular weight excluding hydrogens is 326 g/mol. The average molecular weight is 363 g/mol. The van der Waals surface area contributed by atoms with Gasteiger partial charge in [-0.2, -0.15) is 0 Å². The zero-order valence-electron chi connectivity index (χ0n) is 17.7. The predicted molar refractivity (Wildman–Crippen MR) is 106 cm³/mol. The van der Waals surface area contributed by atoms with Gasteiger partial charge in [-0.1, -0.05) is 77.3 Å². The lowest BCUT2D eigenvalue weighted by molar-refractivity contribution is -0.355. The predicted octanol–water partition coefficient (Wildman–Crippen LogP) is 2.64. The van der Waals surface area contributed by atoms with Crippen LogP contribution in [-0.4, -0.2) is 6.21 Å². The van der Waals surface area contributed by atoms with Gasteiger partial charge in [0, 0.05) is 11.1 Å². The molecule has 25 heavy (non-hydrogen) atoms. The lowest BCUT2D eigenvalue weighted by atomic mass is 9.72. The number of allylic oxidation sites excluding steroid dienone is 2. The van der Waals surface area contributed by atoms with E-state index in [0.717, 1.165) is 12.1 Å². The zero-order chi connectivity index (χ0) is 18.4. The summed E-state index contributed by atoms with van der Waals surface area (Å²) in [4.78, 5) is 1.72. The summed E-state index contributed by atoms with van der Waals surface area (Å²) < 4.78 is 8.93. The van der Waals surface area contributed by atoms with Crippen molar-refractivity contribution in [2.24, 2.45) is 5.41 Å². The highest BCUT2D eigenvalue weighted by atomic mass is 35.5. The van der Waals surface area contributed by atoms with E-state index in [9.17, 15) is 0 Å². The van der Waals surface area contributed by atoms with Crippen molar-refractivity contribution >= 4 is 11.9 Å². The Labute approximate surface area is 162 Å². The maximum Gasteiger partial charge on any atom is 0.453 e. The van der Waals surface area contributed by atoms with Crippen molar-refractivity contribution in [3.8, 4) is 0 Å². The van der Waals surface area contributed by atoms with Gasteiger partial charge < -0.3 is 12.4 Å². The van der Waals surface area contributed by atoms with Crippen LogP contribution >= 0.6 is 0 Å². The number of para-hydroxylation sites is 1. The molecule has 0 unspecified atom stereocenters. The molecule has 0 aliphatic heterocycles. The second-order valence-corrected chi connectivity index (χ2v) is 8.05. The van der Waals surface area contributed by atoms with Crippen molar-refractivity contribution in [1.82, 2.24) is 0 Å². The van der Waals surface area contributed by atoms with Crippen molar-refractivity contribution in [2.45, 2.75) is 85.0 Å². The van der Waals surface area contributed by atoms with Crippen LogP contribution in [0.1, 0.15) is 96.1 Å². The molecule has 0 saturated heterocycles. The van der Waals surface area contributed by atoms with Crippen molar-refractivity contribution in [3.05, 3.63) is 41.5 Å². The van der Waals surface area contributed by atoms with Crippen LogP contribution in [0.5, 0.6) is 0 Å². The summed E-state index contributed by atoms with van der Waals surface area (Å²) in [7, 11) is 0. The molecule has 1 aliphatic rings. The van der Waals surface area contributed by atoms with Gasteiger partial charge in [0.25, 0.3) is 0 Å². The molecule has 0 spiro atoms. The molecular formula is C23H36ClN. The molecule has 2 heteroatoms. The molecule has 1 saturated carbocycles. The van der Waals surface area contributed by atoms with E-state index in [1.54, 1.807) is 4.99 Å². The van der Waals surface area contributed by atoms with Gasteiger partial charge in [-0.25, -0.2) is 4.99 Å². The summed E-state index contributed by atoms with van der Waals surface area (Å²) in [6, 6.07) is 6.54. The Morgan fingerprint density at radius 3 is 2.12 bits per heavy atom. The van der Waals surface area contributed by atoms with Crippen LogP contribution in [0.4, 0.5) is 5.69 Å². The smallest absolute Gasteiger partial charge is 0.453 e. The highest BCUT2D eigenvalue weighted by molar-refractivity contribution is 5.63. The molecule has 0 heterocycles. The third kappa shape index (κ3) is 5.71. The monoisotopic (exact) mass is 362 g/mol. The molecule has 0 amide bonds. The highest BCUT2D eigenvalue weighted by Gasteiger charge is 2.32. The first kappa shape index (κ1) is 20.2. The van der Waals surface area contributed by atoms with E-state index in [0.29, 0.717) is 11.8 Å². The van der Waals surface area contributed by atoms with E-state index in [1.165, 1.54) is 43.2 Å². The summed E-state index contributed by atoms with van der Waals surface area (Å²) in [5.74, 6) is 0.848. The maximum absolute atomic E-state index is 8.93. The topological polar surface area (TPSA) is 14.0 Å². The van der Waals surface area contributed by atoms with E-state index in [2.05, 4.69) is 71.2 Å². The fourth-order valence-electron chi connectivity index (χ4n) is 3.86. The molecule has 1 aromatic carbocycles. The number of benzene rings is 1. The first-order chi connectivity index (χ1) is 11.9. The Kier molecular flexibility index (Phi) is 8.22. The minimum absolute atomic E-state index is 0. The third-order valence-corrected chi connectivity index (χ3v) is 5.42. The summed E-state index contributed by atoms with van der Waals surface area (Å²) in [6.07, 6.45) is 14.0. The van der Waals surface area contributed by atoms with Gasteiger partial charge >= 0.3 is 1.41 Å². The molecule has 140 valence electrons. The molecule has 1 aliphatic carbocycles. The lowest BCUT2D eigenvalue weighted by Crippen LogP contribution is -3.00. The minimum atomic E-state index is 0. The molecule has 0 aromatic heterocycles. The highest BCUT2D eigenvalue weighted by Crippen LogP contribution is 2.37. The Bertz CT molecular complexity index is 599. The van der Waals surface area contributed by atoms with Crippen LogP contribution in [0.15, 0.2) is 30.4 Å². The van der Waals surface area contributed by atoms with Gasteiger partial charge in [0.15, 0.2) is 0 Å². The molecule has 1 nitrogen and oxygen atoms in total. The van der Waals surface area contributed by atoms with Gasteiger partial charge in [0.2, 0.25) is 5.69 Å². The van der Waals surface area contributed by atoms with Gasteiger partial charge in [0.05, 0.1) is 5.41 Å². The maximum atomic E-state index is 8.93. The fourth-order valence-corrected chi connectivity index (χ4v) is 3.86. The van der Waals surface area contributed by atoms with Crippen molar-refractivity contribution in [3.63, 3.8) is 0 Å². The number of rotatable bonds is 6. The van der Waals surface area contributed by atoms with Crippen LogP contribution in [0.25, 0.3) is 0 Å². The Balaban J connectivity index is 0.00000338. The summed E-state index contributed by atoms with van der Waals surface area (Å²) in [5.41, 5.74) is 3.83. The van der Waals surface area contributed by atoms with Crippen molar-refractivity contribution in [2.75, 3.05) is 0 Å². The number of hydrogen-bond acceptors (Lipinski definition) is 0. The van der Waals surface area contributed by atoms with E-state index in [1.807, 2.05) is 0 Å². The average Bonchev–Trinajstić information content (AvgIpc) is 2.60. The largest absolute Gasteiger partial charge is 1.00 e. The second-order valence-electron chi connectivity index (χ2n) is 8.05. The first-order valence-corrected chi connectivity index (χ1v) is 9.78. The molecule has 0 bridgehead atoms. The van der Waals surface area contributed by atoms with E-state index < -0.39 is 0 Å². The van der Waals surface area contributed by atoms with E-state index >= 15 is 0 Å². The molecule has 0 atom stereocenters. The Hall–Kier alpha value is -1.08. The van der Waals surface area contributed by atoms with Gasteiger partial charge in [-0.05, 0) is 38.0 Å². The first-order valence-electron chi connectivity index (χ1n) is 10.2.